The van der Waals surface area contributed by atoms with E-state index in [1.54, 1.807) is 12.1 Å². The van der Waals surface area contributed by atoms with Crippen molar-refractivity contribution in [3.8, 4) is 11.8 Å². The van der Waals surface area contributed by atoms with E-state index < -0.39 is 0 Å². The lowest BCUT2D eigenvalue weighted by molar-refractivity contribution is 0.241. The molecule has 5 heteroatoms. The summed E-state index contributed by atoms with van der Waals surface area (Å²) in [6.07, 6.45) is 0.606. The number of hydrogen-bond acceptors (Lipinski definition) is 3. The number of hydrogen-bond donors (Lipinski definition) is 0. The predicted octanol–water partition coefficient (Wildman–Crippen LogP) is 2.17. The molecule has 0 saturated carbocycles. The van der Waals surface area contributed by atoms with Crippen molar-refractivity contribution in [2.75, 3.05) is 6.54 Å². The number of ether oxygens (including phenoxy) is 1. The van der Waals surface area contributed by atoms with Crippen LogP contribution in [0.3, 0.4) is 0 Å². The van der Waals surface area contributed by atoms with Gasteiger partial charge in [-0.1, -0.05) is 5.11 Å². The molecule has 1 atom stereocenters. The van der Waals surface area contributed by atoms with Crippen LogP contribution in [0, 0.1) is 11.3 Å². The lowest BCUT2D eigenvalue weighted by Crippen LogP contribution is -2.16. The van der Waals surface area contributed by atoms with Gasteiger partial charge in [-0.2, -0.15) is 5.26 Å². The van der Waals surface area contributed by atoms with Gasteiger partial charge in [-0.05, 0) is 29.3 Å². The van der Waals surface area contributed by atoms with Gasteiger partial charge in [0.15, 0.2) is 0 Å². The van der Waals surface area contributed by atoms with Gasteiger partial charge in [0.1, 0.15) is 11.9 Å². The Morgan fingerprint density at radius 2 is 2.53 bits per heavy atom. The van der Waals surface area contributed by atoms with Gasteiger partial charge in [-0.15, -0.1) is 0 Å². The van der Waals surface area contributed by atoms with Crippen LogP contribution in [0.1, 0.15) is 11.1 Å². The molecule has 0 bridgehead atoms. The van der Waals surface area contributed by atoms with E-state index in [0.29, 0.717) is 18.5 Å². The van der Waals surface area contributed by atoms with Crippen molar-refractivity contribution >= 4 is 0 Å². The number of fused-ring (bicyclic) bond motifs is 1. The first-order chi connectivity index (χ1) is 7.33. The molecular weight excluding hydrogens is 192 g/mol. The van der Waals surface area contributed by atoms with Gasteiger partial charge in [0.25, 0.3) is 0 Å². The molecule has 0 amide bonds. The Labute approximate surface area is 86.5 Å². The molecule has 0 N–H and O–H groups in total. The van der Waals surface area contributed by atoms with E-state index in [2.05, 4.69) is 16.1 Å². The van der Waals surface area contributed by atoms with Crippen LogP contribution in [0.2, 0.25) is 0 Å². The summed E-state index contributed by atoms with van der Waals surface area (Å²) in [7, 11) is 0. The highest BCUT2D eigenvalue weighted by Gasteiger charge is 2.22. The standard InChI is InChI=1S/C10H8N4O/c11-5-7-1-2-10-8(3-7)4-9(15-10)6-13-14-12/h1-3,9H,4,6H2/t9-/m0/s1. The molecule has 74 valence electrons. The van der Waals surface area contributed by atoms with E-state index in [1.165, 1.54) is 0 Å². The molecule has 1 aliphatic heterocycles. The number of rotatable bonds is 2. The summed E-state index contributed by atoms with van der Waals surface area (Å²) in [5, 5.41) is 12.2. The highest BCUT2D eigenvalue weighted by molar-refractivity contribution is 5.44. The third kappa shape index (κ3) is 1.85. The van der Waals surface area contributed by atoms with E-state index in [4.69, 9.17) is 15.5 Å². The summed E-state index contributed by atoms with van der Waals surface area (Å²) in [5.74, 6) is 0.784. The van der Waals surface area contributed by atoms with Gasteiger partial charge in [-0.25, -0.2) is 0 Å². The molecule has 1 heterocycles. The minimum absolute atomic E-state index is 0.0927. The van der Waals surface area contributed by atoms with Crippen molar-refractivity contribution in [3.05, 3.63) is 39.8 Å². The first-order valence-corrected chi connectivity index (χ1v) is 4.54. The third-order valence-electron chi connectivity index (χ3n) is 2.28. The zero-order valence-corrected chi connectivity index (χ0v) is 7.92. The molecule has 2 rings (SSSR count). The molecule has 0 saturated heterocycles. The average molecular weight is 200 g/mol. The summed E-state index contributed by atoms with van der Waals surface area (Å²) < 4.78 is 5.53. The van der Waals surface area contributed by atoms with Gasteiger partial charge in [0.2, 0.25) is 0 Å². The van der Waals surface area contributed by atoms with Crippen LogP contribution in [-0.4, -0.2) is 12.6 Å². The average Bonchev–Trinajstić information content (AvgIpc) is 2.67. The van der Waals surface area contributed by atoms with Crippen LogP contribution in [0.4, 0.5) is 0 Å². The van der Waals surface area contributed by atoms with E-state index in [1.807, 2.05) is 6.07 Å². The van der Waals surface area contributed by atoms with Gasteiger partial charge < -0.3 is 4.74 Å². The molecule has 1 aromatic rings. The molecule has 5 nitrogen and oxygen atoms in total. The summed E-state index contributed by atoms with van der Waals surface area (Å²) in [6.45, 7) is 0.326. The van der Waals surface area contributed by atoms with E-state index >= 15 is 0 Å². The minimum atomic E-state index is -0.0927. The topological polar surface area (TPSA) is 81.8 Å². The lowest BCUT2D eigenvalue weighted by atomic mass is 10.1. The Morgan fingerprint density at radius 3 is 3.27 bits per heavy atom. The Kier molecular flexibility index (Phi) is 2.44. The quantitative estimate of drug-likeness (QED) is 0.416. The van der Waals surface area contributed by atoms with Crippen molar-refractivity contribution in [1.29, 1.82) is 5.26 Å². The summed E-state index contributed by atoms with van der Waals surface area (Å²) in [4.78, 5) is 2.69. The van der Waals surface area contributed by atoms with Crippen LogP contribution in [-0.2, 0) is 6.42 Å². The second-order valence-electron chi connectivity index (χ2n) is 3.29. The van der Waals surface area contributed by atoms with Crippen LogP contribution in [0.5, 0.6) is 5.75 Å². The molecule has 0 aliphatic carbocycles. The Bertz CT molecular complexity index is 471. The SMILES string of the molecule is N#Cc1ccc2c(c1)C[C@@H](CN=[N+]=[N-])O2. The Morgan fingerprint density at radius 1 is 1.67 bits per heavy atom. The molecule has 0 fully saturated rings. The maximum atomic E-state index is 8.72. The van der Waals surface area contributed by atoms with Crippen LogP contribution >= 0.6 is 0 Å². The maximum absolute atomic E-state index is 8.72. The molecule has 0 spiro atoms. The molecular formula is C10H8N4O. The molecule has 0 radical (unpaired) electrons. The summed E-state index contributed by atoms with van der Waals surface area (Å²) in [5.41, 5.74) is 9.82. The second-order valence-corrected chi connectivity index (χ2v) is 3.29. The largest absolute Gasteiger partial charge is 0.490 e. The van der Waals surface area contributed by atoms with Crippen molar-refractivity contribution in [1.82, 2.24) is 0 Å². The van der Waals surface area contributed by atoms with Crippen molar-refractivity contribution < 1.29 is 4.74 Å². The number of nitrogens with zero attached hydrogens (tertiary/aromatic N) is 4. The lowest BCUT2D eigenvalue weighted by Gasteiger charge is -2.05. The van der Waals surface area contributed by atoms with Crippen LogP contribution in [0.15, 0.2) is 23.3 Å². The third-order valence-corrected chi connectivity index (χ3v) is 2.28. The van der Waals surface area contributed by atoms with Gasteiger partial charge in [0, 0.05) is 11.3 Å². The fourth-order valence-electron chi connectivity index (χ4n) is 1.62. The molecule has 15 heavy (non-hydrogen) atoms. The monoisotopic (exact) mass is 200 g/mol. The van der Waals surface area contributed by atoms with Crippen molar-refractivity contribution in [2.45, 2.75) is 12.5 Å². The smallest absolute Gasteiger partial charge is 0.123 e. The highest BCUT2D eigenvalue weighted by Crippen LogP contribution is 2.29. The predicted molar refractivity (Wildman–Crippen MR) is 53.3 cm³/mol. The molecule has 1 aliphatic rings. The zero-order chi connectivity index (χ0) is 10.7. The van der Waals surface area contributed by atoms with Crippen LogP contribution in [0.25, 0.3) is 10.4 Å². The Hall–Kier alpha value is -2.18. The highest BCUT2D eigenvalue weighted by atomic mass is 16.5. The minimum Gasteiger partial charge on any atom is -0.490 e. The number of nitriles is 1. The van der Waals surface area contributed by atoms with Gasteiger partial charge >= 0.3 is 0 Å². The van der Waals surface area contributed by atoms with Gasteiger partial charge in [0.05, 0.1) is 18.2 Å². The molecule has 1 aromatic carbocycles. The Balaban J connectivity index is 2.17. The number of benzene rings is 1. The fraction of sp³-hybridized carbons (Fsp3) is 0.300. The molecule has 0 unspecified atom stereocenters. The normalized spacial score (nSPS) is 17.1. The van der Waals surface area contributed by atoms with E-state index in [0.717, 1.165) is 11.3 Å². The number of azide groups is 1. The van der Waals surface area contributed by atoms with Crippen molar-refractivity contribution in [3.63, 3.8) is 0 Å². The first kappa shape index (κ1) is 9.38. The van der Waals surface area contributed by atoms with E-state index in [-0.39, 0.29) is 6.10 Å². The second kappa shape index (κ2) is 3.91. The van der Waals surface area contributed by atoms with Gasteiger partial charge in [-0.3, -0.25) is 0 Å². The van der Waals surface area contributed by atoms with Crippen LogP contribution < -0.4 is 4.74 Å². The fourth-order valence-corrected chi connectivity index (χ4v) is 1.62. The first-order valence-electron chi connectivity index (χ1n) is 4.54. The molecule has 0 aromatic heterocycles. The summed E-state index contributed by atoms with van der Waals surface area (Å²) in [6, 6.07) is 7.39. The maximum Gasteiger partial charge on any atom is 0.123 e. The van der Waals surface area contributed by atoms with E-state index in [9.17, 15) is 0 Å². The van der Waals surface area contributed by atoms with Crippen molar-refractivity contribution in [2.24, 2.45) is 5.11 Å². The summed E-state index contributed by atoms with van der Waals surface area (Å²) >= 11 is 0. The zero-order valence-electron chi connectivity index (χ0n) is 7.92.